The van der Waals surface area contributed by atoms with Gasteiger partial charge >= 0.3 is 0 Å². The second-order valence-electron chi connectivity index (χ2n) is 10.8. The number of piperazine rings is 1. The number of hydrogen-bond acceptors (Lipinski definition) is 7. The van der Waals surface area contributed by atoms with Crippen LogP contribution in [-0.2, 0) is 10.2 Å². The van der Waals surface area contributed by atoms with Gasteiger partial charge in [-0.15, -0.1) is 0 Å². The number of benzene rings is 1. The minimum absolute atomic E-state index is 0.200. The second-order valence-corrected chi connectivity index (χ2v) is 10.8. The predicted octanol–water partition coefficient (Wildman–Crippen LogP) is 3.12. The van der Waals surface area contributed by atoms with Crippen LogP contribution in [0.1, 0.15) is 44.0 Å². The van der Waals surface area contributed by atoms with E-state index >= 15 is 0 Å². The maximum atomic E-state index is 9.82. The van der Waals surface area contributed by atoms with Crippen molar-refractivity contribution < 1.29 is 4.74 Å². The number of likely N-dealkylation sites (tertiary alicyclic amines) is 1. The zero-order chi connectivity index (χ0) is 23.1. The highest BCUT2D eigenvalue weighted by molar-refractivity contribution is 5.81. The molecular weight excluding hydrogens is 426 g/mol. The van der Waals surface area contributed by atoms with E-state index in [1.54, 1.807) is 0 Å². The van der Waals surface area contributed by atoms with Gasteiger partial charge in [-0.1, -0.05) is 12.1 Å². The molecule has 2 aromatic heterocycles. The van der Waals surface area contributed by atoms with Crippen molar-refractivity contribution in [3.8, 4) is 11.9 Å². The molecule has 2 atom stereocenters. The molecule has 8 heteroatoms. The Morgan fingerprint density at radius 1 is 1.09 bits per heavy atom. The average molecular weight is 456 g/mol. The van der Waals surface area contributed by atoms with Gasteiger partial charge in [0.15, 0.2) is 5.82 Å². The van der Waals surface area contributed by atoms with E-state index in [4.69, 9.17) is 14.7 Å². The molecule has 1 aromatic carbocycles. The number of aryl methyl sites for hydroxylation is 1. The van der Waals surface area contributed by atoms with Gasteiger partial charge in [0.25, 0.3) is 0 Å². The van der Waals surface area contributed by atoms with Gasteiger partial charge in [-0.3, -0.25) is 4.90 Å². The van der Waals surface area contributed by atoms with E-state index < -0.39 is 0 Å². The fraction of sp³-hybridized carbons (Fsp3) is 0.538. The Hall–Kier alpha value is -3.02. The Balaban J connectivity index is 1.22. The van der Waals surface area contributed by atoms with Crippen LogP contribution in [0.15, 0.2) is 30.5 Å². The third-order valence-electron chi connectivity index (χ3n) is 8.63. The minimum Gasteiger partial charge on any atom is -0.377 e. The van der Waals surface area contributed by atoms with Crippen molar-refractivity contribution in [3.63, 3.8) is 0 Å². The summed E-state index contributed by atoms with van der Waals surface area (Å²) in [6.07, 6.45) is 6.03. The fourth-order valence-electron chi connectivity index (χ4n) is 6.46. The largest absolute Gasteiger partial charge is 0.377 e. The smallest absolute Gasteiger partial charge is 0.159 e. The van der Waals surface area contributed by atoms with Gasteiger partial charge in [-0.2, -0.15) is 10.4 Å². The zero-order valence-corrected chi connectivity index (χ0v) is 19.7. The standard InChI is InChI=1S/C26H29N7O/c1-17-29-23(31-12-21-9-20(31)13-32(21)25(2)15-34-16-25)10-24(30-17)33-22-8-19(5-4-18(22)11-28-33)26(14-27)6-3-7-26/h4-5,8,10-11,20-21H,3,6-7,9,12-13,15-16H2,1-2H3/t20-,21-/m0/s1. The molecule has 4 fully saturated rings. The molecule has 3 aromatic rings. The van der Waals surface area contributed by atoms with E-state index in [-0.39, 0.29) is 11.0 Å². The minimum atomic E-state index is -0.348. The summed E-state index contributed by atoms with van der Waals surface area (Å²) in [6.45, 7) is 8.02. The lowest BCUT2D eigenvalue weighted by molar-refractivity contribution is -0.136. The summed E-state index contributed by atoms with van der Waals surface area (Å²) in [5.74, 6) is 2.52. The molecule has 0 radical (unpaired) electrons. The Labute approximate surface area is 199 Å². The lowest BCUT2D eigenvalue weighted by Gasteiger charge is -2.50. The first-order valence-electron chi connectivity index (χ1n) is 12.3. The Morgan fingerprint density at radius 3 is 2.56 bits per heavy atom. The lowest BCUT2D eigenvalue weighted by atomic mass is 9.65. The summed E-state index contributed by atoms with van der Waals surface area (Å²) in [7, 11) is 0. The van der Waals surface area contributed by atoms with Crippen molar-refractivity contribution in [2.75, 3.05) is 31.2 Å². The number of hydrogen-bond donors (Lipinski definition) is 0. The third kappa shape index (κ3) is 2.80. The molecule has 0 amide bonds. The van der Waals surface area contributed by atoms with Crippen LogP contribution in [0.5, 0.6) is 0 Å². The number of aromatic nitrogens is 4. The van der Waals surface area contributed by atoms with Crippen LogP contribution >= 0.6 is 0 Å². The summed E-state index contributed by atoms with van der Waals surface area (Å²) in [4.78, 5) is 14.7. The normalized spacial score (nSPS) is 26.9. The molecule has 3 saturated heterocycles. The number of nitrogens with zero attached hydrogens (tertiary/aromatic N) is 7. The molecule has 5 heterocycles. The highest BCUT2D eigenvalue weighted by Gasteiger charge is 2.52. The van der Waals surface area contributed by atoms with E-state index in [1.807, 2.05) is 17.8 Å². The Kier molecular flexibility index (Phi) is 4.19. The van der Waals surface area contributed by atoms with Gasteiger partial charge < -0.3 is 9.64 Å². The van der Waals surface area contributed by atoms with Crippen LogP contribution in [0.3, 0.4) is 0 Å². The topological polar surface area (TPSA) is 83.1 Å². The summed E-state index contributed by atoms with van der Waals surface area (Å²) in [5, 5.41) is 15.6. The summed E-state index contributed by atoms with van der Waals surface area (Å²) in [6, 6.07) is 12.0. The highest BCUT2D eigenvalue weighted by Crippen LogP contribution is 2.44. The van der Waals surface area contributed by atoms with Crippen molar-refractivity contribution in [2.24, 2.45) is 0 Å². The predicted molar refractivity (Wildman–Crippen MR) is 128 cm³/mol. The quantitative estimate of drug-likeness (QED) is 0.598. The molecule has 34 heavy (non-hydrogen) atoms. The van der Waals surface area contributed by atoms with Crippen molar-refractivity contribution in [1.82, 2.24) is 24.6 Å². The maximum Gasteiger partial charge on any atom is 0.159 e. The Morgan fingerprint density at radius 2 is 1.91 bits per heavy atom. The first-order chi connectivity index (χ1) is 16.5. The van der Waals surface area contributed by atoms with E-state index in [0.29, 0.717) is 12.1 Å². The van der Waals surface area contributed by atoms with Crippen molar-refractivity contribution >= 4 is 16.7 Å². The molecule has 7 rings (SSSR count). The van der Waals surface area contributed by atoms with E-state index in [2.05, 4.69) is 52.2 Å². The number of rotatable bonds is 4. The first kappa shape index (κ1) is 20.4. The zero-order valence-electron chi connectivity index (χ0n) is 19.7. The summed E-state index contributed by atoms with van der Waals surface area (Å²) < 4.78 is 7.43. The molecule has 1 saturated carbocycles. The maximum absolute atomic E-state index is 9.82. The molecule has 0 spiro atoms. The summed E-state index contributed by atoms with van der Waals surface area (Å²) in [5.41, 5.74) is 1.94. The average Bonchev–Trinajstić information content (AvgIpc) is 3.50. The van der Waals surface area contributed by atoms with Crippen LogP contribution in [0, 0.1) is 18.3 Å². The van der Waals surface area contributed by atoms with Crippen LogP contribution in [-0.4, -0.2) is 68.6 Å². The summed E-state index contributed by atoms with van der Waals surface area (Å²) >= 11 is 0. The number of nitriles is 1. The molecule has 3 aliphatic heterocycles. The highest BCUT2D eigenvalue weighted by atomic mass is 16.5. The van der Waals surface area contributed by atoms with Crippen LogP contribution < -0.4 is 4.90 Å². The molecule has 0 unspecified atom stereocenters. The van der Waals surface area contributed by atoms with Crippen molar-refractivity contribution in [2.45, 2.75) is 62.6 Å². The van der Waals surface area contributed by atoms with E-state index in [0.717, 1.165) is 79.5 Å². The van der Waals surface area contributed by atoms with Crippen LogP contribution in [0.25, 0.3) is 16.7 Å². The lowest BCUT2D eigenvalue weighted by Crippen LogP contribution is -2.64. The molecule has 1 aliphatic carbocycles. The van der Waals surface area contributed by atoms with Gasteiger partial charge in [0, 0.05) is 36.6 Å². The third-order valence-corrected chi connectivity index (χ3v) is 8.63. The van der Waals surface area contributed by atoms with Crippen molar-refractivity contribution in [1.29, 1.82) is 5.26 Å². The van der Waals surface area contributed by atoms with Gasteiger partial charge in [0.1, 0.15) is 11.6 Å². The molecule has 4 aliphatic rings. The van der Waals surface area contributed by atoms with Crippen molar-refractivity contribution in [3.05, 3.63) is 41.9 Å². The molecule has 2 bridgehead atoms. The molecule has 174 valence electrons. The van der Waals surface area contributed by atoms with Crippen LogP contribution in [0.4, 0.5) is 5.82 Å². The molecule has 8 nitrogen and oxygen atoms in total. The second kappa shape index (κ2) is 7.00. The van der Waals surface area contributed by atoms with E-state index in [1.165, 1.54) is 6.42 Å². The number of fused-ring (bicyclic) bond motifs is 3. The number of ether oxygens (including phenoxy) is 1. The van der Waals surface area contributed by atoms with Gasteiger partial charge in [0.2, 0.25) is 0 Å². The van der Waals surface area contributed by atoms with Gasteiger partial charge in [0.05, 0.1) is 42.0 Å². The Bertz CT molecular complexity index is 1330. The number of anilines is 1. The van der Waals surface area contributed by atoms with E-state index in [9.17, 15) is 5.26 Å². The van der Waals surface area contributed by atoms with Gasteiger partial charge in [-0.25, -0.2) is 14.6 Å². The van der Waals surface area contributed by atoms with Gasteiger partial charge in [-0.05, 0) is 51.2 Å². The fourth-order valence-corrected chi connectivity index (χ4v) is 6.46. The molecule has 0 N–H and O–H groups in total. The monoisotopic (exact) mass is 455 g/mol. The SMILES string of the molecule is Cc1nc(N2C[C@@H]3C[C@H]2CN3C2(C)COC2)cc(-n2ncc3ccc(C4(C#N)CCC4)cc32)n1. The van der Waals surface area contributed by atoms with Crippen LogP contribution in [0.2, 0.25) is 0 Å². The molecular formula is C26H29N7O. The first-order valence-corrected chi connectivity index (χ1v) is 12.3.